The van der Waals surface area contributed by atoms with E-state index >= 15 is 0 Å². The third kappa shape index (κ3) is 4.72. The number of carbonyl (C=O) groups excluding carboxylic acids is 2. The highest BCUT2D eigenvalue weighted by atomic mass is 79.9. The Labute approximate surface area is 131 Å². The largest absolute Gasteiger partial charge is 0.334 e. The standard InChI is InChI=1S/C16H15BrN2O2/c1-11(20)13-5-3-7-15(9-13)19-16(21)18-10-12-4-2-6-14(17)8-12/h2-9H,10H2,1H3,(H2,18,19,21). The number of Topliss-reactive ketones (excluding diaryl/α,β-unsaturated/α-hetero) is 1. The number of benzene rings is 2. The quantitative estimate of drug-likeness (QED) is 0.822. The van der Waals surface area contributed by atoms with Crippen molar-refractivity contribution in [3.8, 4) is 0 Å². The van der Waals surface area contributed by atoms with Gasteiger partial charge in [-0.3, -0.25) is 4.79 Å². The minimum absolute atomic E-state index is 0.0341. The van der Waals surface area contributed by atoms with Crippen LogP contribution in [0.1, 0.15) is 22.8 Å². The number of carbonyl (C=O) groups is 2. The summed E-state index contributed by atoms with van der Waals surface area (Å²) in [5.41, 5.74) is 2.16. The van der Waals surface area contributed by atoms with Gasteiger partial charge in [0.2, 0.25) is 0 Å². The number of rotatable bonds is 4. The van der Waals surface area contributed by atoms with Crippen molar-refractivity contribution < 1.29 is 9.59 Å². The summed E-state index contributed by atoms with van der Waals surface area (Å²) in [5, 5.41) is 5.48. The second-order valence-corrected chi connectivity index (χ2v) is 5.49. The topological polar surface area (TPSA) is 58.2 Å². The molecule has 0 saturated carbocycles. The van der Waals surface area contributed by atoms with Crippen LogP contribution in [0.25, 0.3) is 0 Å². The van der Waals surface area contributed by atoms with Gasteiger partial charge in [0.15, 0.2) is 5.78 Å². The zero-order valence-electron chi connectivity index (χ0n) is 11.5. The average Bonchev–Trinajstić information content (AvgIpc) is 2.45. The number of urea groups is 1. The van der Waals surface area contributed by atoms with Crippen LogP contribution in [0, 0.1) is 0 Å². The van der Waals surface area contributed by atoms with E-state index in [1.54, 1.807) is 24.3 Å². The van der Waals surface area contributed by atoms with Gasteiger partial charge in [-0.05, 0) is 36.8 Å². The predicted octanol–water partition coefficient (Wildman–Crippen LogP) is 3.97. The molecule has 0 aromatic heterocycles. The molecule has 0 bridgehead atoms. The van der Waals surface area contributed by atoms with E-state index in [1.165, 1.54) is 6.92 Å². The molecule has 0 saturated heterocycles. The van der Waals surface area contributed by atoms with Crippen molar-refractivity contribution >= 4 is 33.4 Å². The van der Waals surface area contributed by atoms with Crippen molar-refractivity contribution in [1.82, 2.24) is 5.32 Å². The van der Waals surface area contributed by atoms with Gasteiger partial charge in [-0.15, -0.1) is 0 Å². The van der Waals surface area contributed by atoms with E-state index in [-0.39, 0.29) is 11.8 Å². The fourth-order valence-electron chi connectivity index (χ4n) is 1.82. The molecule has 5 heteroatoms. The number of hydrogen-bond acceptors (Lipinski definition) is 2. The first-order valence-electron chi connectivity index (χ1n) is 6.45. The molecule has 0 unspecified atom stereocenters. The van der Waals surface area contributed by atoms with Crippen LogP contribution in [-0.4, -0.2) is 11.8 Å². The van der Waals surface area contributed by atoms with Crippen LogP contribution >= 0.6 is 15.9 Å². The highest BCUT2D eigenvalue weighted by molar-refractivity contribution is 9.10. The van der Waals surface area contributed by atoms with Crippen molar-refractivity contribution in [3.05, 3.63) is 64.1 Å². The van der Waals surface area contributed by atoms with Crippen LogP contribution in [0.2, 0.25) is 0 Å². The summed E-state index contributed by atoms with van der Waals surface area (Å²) >= 11 is 3.38. The molecule has 108 valence electrons. The van der Waals surface area contributed by atoms with Crippen LogP contribution in [0.15, 0.2) is 53.0 Å². The molecule has 0 radical (unpaired) electrons. The first-order chi connectivity index (χ1) is 10.0. The molecule has 0 fully saturated rings. The summed E-state index contributed by atoms with van der Waals surface area (Å²) in [7, 11) is 0. The molecule has 2 aromatic rings. The van der Waals surface area contributed by atoms with Gasteiger partial charge < -0.3 is 10.6 Å². The number of halogens is 1. The second kappa shape index (κ2) is 7.04. The van der Waals surface area contributed by atoms with Crippen LogP contribution < -0.4 is 10.6 Å². The van der Waals surface area contributed by atoms with E-state index in [4.69, 9.17) is 0 Å². The Morgan fingerprint density at radius 3 is 2.57 bits per heavy atom. The minimum atomic E-state index is -0.310. The molecule has 4 nitrogen and oxygen atoms in total. The number of nitrogens with one attached hydrogen (secondary N) is 2. The second-order valence-electron chi connectivity index (χ2n) is 4.57. The first kappa shape index (κ1) is 15.3. The Hall–Kier alpha value is -2.14. The van der Waals surface area contributed by atoms with E-state index in [9.17, 15) is 9.59 Å². The van der Waals surface area contributed by atoms with Gasteiger partial charge >= 0.3 is 6.03 Å². The Morgan fingerprint density at radius 2 is 1.86 bits per heavy atom. The van der Waals surface area contributed by atoms with E-state index in [0.717, 1.165) is 10.0 Å². The number of anilines is 1. The molecular formula is C16H15BrN2O2. The van der Waals surface area contributed by atoms with Gasteiger partial charge in [0.25, 0.3) is 0 Å². The molecule has 0 aliphatic heterocycles. The Balaban J connectivity index is 1.93. The van der Waals surface area contributed by atoms with E-state index in [0.29, 0.717) is 17.8 Å². The maximum absolute atomic E-state index is 11.8. The SMILES string of the molecule is CC(=O)c1cccc(NC(=O)NCc2cccc(Br)c2)c1. The number of amides is 2. The molecule has 0 aliphatic rings. The number of hydrogen-bond donors (Lipinski definition) is 2. The molecule has 0 heterocycles. The predicted molar refractivity (Wildman–Crippen MR) is 86.4 cm³/mol. The monoisotopic (exact) mass is 346 g/mol. The zero-order chi connectivity index (χ0) is 15.2. The van der Waals surface area contributed by atoms with Gasteiger partial charge in [0, 0.05) is 22.3 Å². The normalized spacial score (nSPS) is 10.0. The van der Waals surface area contributed by atoms with Crippen LogP contribution in [0.4, 0.5) is 10.5 Å². The molecule has 0 aliphatic carbocycles. The lowest BCUT2D eigenvalue weighted by atomic mass is 10.1. The third-order valence-electron chi connectivity index (χ3n) is 2.87. The molecule has 2 amide bonds. The van der Waals surface area contributed by atoms with E-state index in [2.05, 4.69) is 26.6 Å². The van der Waals surface area contributed by atoms with Crippen molar-refractivity contribution in [2.75, 3.05) is 5.32 Å². The van der Waals surface area contributed by atoms with E-state index in [1.807, 2.05) is 24.3 Å². The summed E-state index contributed by atoms with van der Waals surface area (Å²) in [5.74, 6) is -0.0341. The lowest BCUT2D eigenvalue weighted by Gasteiger charge is -2.08. The highest BCUT2D eigenvalue weighted by Gasteiger charge is 2.04. The van der Waals surface area contributed by atoms with Gasteiger partial charge in [0.05, 0.1) is 0 Å². The van der Waals surface area contributed by atoms with Gasteiger partial charge in [-0.1, -0.05) is 40.2 Å². The zero-order valence-corrected chi connectivity index (χ0v) is 13.1. The average molecular weight is 347 g/mol. The first-order valence-corrected chi connectivity index (χ1v) is 7.24. The summed E-state index contributed by atoms with van der Waals surface area (Å²) in [6.07, 6.45) is 0. The van der Waals surface area contributed by atoms with Crippen LogP contribution in [-0.2, 0) is 6.54 Å². The van der Waals surface area contributed by atoms with Crippen molar-refractivity contribution in [1.29, 1.82) is 0 Å². The third-order valence-corrected chi connectivity index (χ3v) is 3.36. The van der Waals surface area contributed by atoms with Crippen molar-refractivity contribution in [3.63, 3.8) is 0 Å². The fourth-order valence-corrected chi connectivity index (χ4v) is 2.27. The summed E-state index contributed by atoms with van der Waals surface area (Å²) in [6.45, 7) is 1.92. The molecule has 0 spiro atoms. The number of ketones is 1. The molecule has 2 aromatic carbocycles. The Kier molecular flexibility index (Phi) is 5.11. The van der Waals surface area contributed by atoms with Gasteiger partial charge in [-0.2, -0.15) is 0 Å². The van der Waals surface area contributed by atoms with Crippen LogP contribution in [0.5, 0.6) is 0 Å². The molecule has 2 rings (SSSR count). The minimum Gasteiger partial charge on any atom is -0.334 e. The maximum atomic E-state index is 11.8. The highest BCUT2D eigenvalue weighted by Crippen LogP contribution is 2.12. The Bertz CT molecular complexity index is 671. The maximum Gasteiger partial charge on any atom is 0.319 e. The lowest BCUT2D eigenvalue weighted by molar-refractivity contribution is 0.101. The van der Waals surface area contributed by atoms with Gasteiger partial charge in [0.1, 0.15) is 0 Å². The van der Waals surface area contributed by atoms with E-state index < -0.39 is 0 Å². The molecule has 2 N–H and O–H groups in total. The summed E-state index contributed by atoms with van der Waals surface area (Å²) in [4.78, 5) is 23.1. The summed E-state index contributed by atoms with van der Waals surface area (Å²) < 4.78 is 0.969. The fraction of sp³-hybridized carbons (Fsp3) is 0.125. The molecular weight excluding hydrogens is 332 g/mol. The van der Waals surface area contributed by atoms with Crippen molar-refractivity contribution in [2.24, 2.45) is 0 Å². The smallest absolute Gasteiger partial charge is 0.319 e. The Morgan fingerprint density at radius 1 is 1.10 bits per heavy atom. The lowest BCUT2D eigenvalue weighted by Crippen LogP contribution is -2.28. The van der Waals surface area contributed by atoms with Gasteiger partial charge in [-0.25, -0.2) is 4.79 Å². The van der Waals surface area contributed by atoms with Crippen molar-refractivity contribution in [2.45, 2.75) is 13.5 Å². The molecule has 0 atom stereocenters. The summed E-state index contributed by atoms with van der Waals surface area (Å²) in [6, 6.07) is 14.2. The van der Waals surface area contributed by atoms with Crippen LogP contribution in [0.3, 0.4) is 0 Å². The molecule has 21 heavy (non-hydrogen) atoms.